The Morgan fingerprint density at radius 1 is 1.25 bits per heavy atom. The summed E-state index contributed by atoms with van der Waals surface area (Å²) in [5.41, 5.74) is 6.88. The molecule has 0 aliphatic carbocycles. The van der Waals surface area contributed by atoms with Crippen molar-refractivity contribution >= 4 is 24.3 Å². The summed E-state index contributed by atoms with van der Waals surface area (Å²) < 4.78 is 12.9. The summed E-state index contributed by atoms with van der Waals surface area (Å²) in [6.45, 7) is 1.29. The van der Waals surface area contributed by atoms with Crippen molar-refractivity contribution in [3.8, 4) is 0 Å². The highest BCUT2D eigenvalue weighted by molar-refractivity contribution is 5.85. The smallest absolute Gasteiger partial charge is 0.303 e. The van der Waals surface area contributed by atoms with Gasteiger partial charge in [0.05, 0.1) is 6.04 Å². The molecule has 1 aromatic rings. The normalized spacial score (nSPS) is 16.3. The summed E-state index contributed by atoms with van der Waals surface area (Å²) in [5, 5.41) is 8.64. The zero-order valence-electron chi connectivity index (χ0n) is 13.5. The van der Waals surface area contributed by atoms with Crippen LogP contribution in [-0.2, 0) is 16.0 Å². The lowest BCUT2D eigenvalue weighted by Gasteiger charge is -2.33. The third kappa shape index (κ3) is 6.09. The number of hydrogen-bond donors (Lipinski definition) is 2. The molecular weight excluding hydrogens is 335 g/mol. The van der Waals surface area contributed by atoms with Gasteiger partial charge in [0.1, 0.15) is 5.82 Å². The van der Waals surface area contributed by atoms with Gasteiger partial charge in [0, 0.05) is 19.5 Å². The van der Waals surface area contributed by atoms with Gasteiger partial charge in [-0.3, -0.25) is 9.59 Å². The van der Waals surface area contributed by atoms with Crippen LogP contribution in [0, 0.1) is 11.7 Å². The van der Waals surface area contributed by atoms with Gasteiger partial charge < -0.3 is 15.7 Å². The van der Waals surface area contributed by atoms with E-state index in [1.807, 2.05) is 0 Å². The average molecular weight is 359 g/mol. The molecule has 1 amide bonds. The van der Waals surface area contributed by atoms with Crippen LogP contribution in [0.4, 0.5) is 4.39 Å². The lowest BCUT2D eigenvalue weighted by Crippen LogP contribution is -2.47. The summed E-state index contributed by atoms with van der Waals surface area (Å²) in [4.78, 5) is 24.4. The molecule has 134 valence electrons. The van der Waals surface area contributed by atoms with E-state index in [1.54, 1.807) is 17.0 Å². The van der Waals surface area contributed by atoms with Crippen LogP contribution in [0.2, 0.25) is 0 Å². The lowest BCUT2D eigenvalue weighted by molar-refractivity contribution is -0.138. The molecule has 0 unspecified atom stereocenters. The number of nitrogens with zero attached hydrogens (tertiary/aromatic N) is 1. The number of rotatable bonds is 6. The van der Waals surface area contributed by atoms with Gasteiger partial charge in [-0.2, -0.15) is 0 Å². The van der Waals surface area contributed by atoms with Crippen molar-refractivity contribution in [3.63, 3.8) is 0 Å². The number of amides is 1. The maximum atomic E-state index is 12.9. The second-order valence-corrected chi connectivity index (χ2v) is 6.14. The summed E-state index contributed by atoms with van der Waals surface area (Å²) in [5.74, 6) is -0.859. The van der Waals surface area contributed by atoms with Crippen LogP contribution >= 0.6 is 12.4 Å². The molecule has 1 aliphatic rings. The number of piperidine rings is 1. The van der Waals surface area contributed by atoms with Crippen molar-refractivity contribution in [2.45, 2.75) is 38.1 Å². The molecule has 0 saturated carbocycles. The first-order valence-corrected chi connectivity index (χ1v) is 7.96. The third-order valence-electron chi connectivity index (χ3n) is 4.35. The minimum absolute atomic E-state index is 0. The summed E-state index contributed by atoms with van der Waals surface area (Å²) in [7, 11) is 0. The highest BCUT2D eigenvalue weighted by Crippen LogP contribution is 2.22. The SMILES string of the molecule is Cl.N[C@@H](CCC(=O)O)C(=O)N1CCC(Cc2ccc(F)cc2)CC1. The topological polar surface area (TPSA) is 83.6 Å². The van der Waals surface area contributed by atoms with Gasteiger partial charge in [-0.25, -0.2) is 4.39 Å². The number of carbonyl (C=O) groups excluding carboxylic acids is 1. The second-order valence-electron chi connectivity index (χ2n) is 6.14. The molecule has 2 rings (SSSR count). The Morgan fingerprint density at radius 2 is 1.83 bits per heavy atom. The van der Waals surface area contributed by atoms with Crippen molar-refractivity contribution in [2.24, 2.45) is 11.7 Å². The van der Waals surface area contributed by atoms with Gasteiger partial charge in [0.15, 0.2) is 0 Å². The number of hydrogen-bond acceptors (Lipinski definition) is 3. The number of carbonyl (C=O) groups is 2. The maximum absolute atomic E-state index is 12.9. The zero-order valence-corrected chi connectivity index (χ0v) is 14.3. The summed E-state index contributed by atoms with van der Waals surface area (Å²) >= 11 is 0. The van der Waals surface area contributed by atoms with Gasteiger partial charge in [-0.15, -0.1) is 12.4 Å². The van der Waals surface area contributed by atoms with E-state index in [4.69, 9.17) is 10.8 Å². The number of likely N-dealkylation sites (tertiary alicyclic amines) is 1. The number of carboxylic acid groups (broad SMARTS) is 1. The van der Waals surface area contributed by atoms with Gasteiger partial charge in [-0.05, 0) is 49.3 Å². The lowest BCUT2D eigenvalue weighted by atomic mass is 9.90. The van der Waals surface area contributed by atoms with Crippen LogP contribution in [0.1, 0.15) is 31.2 Å². The van der Waals surface area contributed by atoms with E-state index in [0.717, 1.165) is 24.8 Å². The van der Waals surface area contributed by atoms with Gasteiger partial charge in [-0.1, -0.05) is 12.1 Å². The minimum atomic E-state index is -0.939. The van der Waals surface area contributed by atoms with Crippen LogP contribution in [0.5, 0.6) is 0 Å². The van der Waals surface area contributed by atoms with E-state index in [2.05, 4.69) is 0 Å². The Bertz CT molecular complexity index is 545. The quantitative estimate of drug-likeness (QED) is 0.816. The number of aliphatic carboxylic acids is 1. The second kappa shape index (κ2) is 9.59. The van der Waals surface area contributed by atoms with Crippen molar-refractivity contribution in [3.05, 3.63) is 35.6 Å². The Balaban J connectivity index is 0.00000288. The number of benzene rings is 1. The Hall–Kier alpha value is -1.66. The molecule has 3 N–H and O–H groups in total. The van der Waals surface area contributed by atoms with Crippen molar-refractivity contribution in [2.75, 3.05) is 13.1 Å². The van der Waals surface area contributed by atoms with Crippen LogP contribution < -0.4 is 5.73 Å². The zero-order chi connectivity index (χ0) is 16.8. The molecule has 1 aromatic carbocycles. The molecule has 1 atom stereocenters. The van der Waals surface area contributed by atoms with Crippen molar-refractivity contribution in [1.82, 2.24) is 4.90 Å². The van der Waals surface area contributed by atoms with E-state index < -0.39 is 12.0 Å². The van der Waals surface area contributed by atoms with E-state index >= 15 is 0 Å². The van der Waals surface area contributed by atoms with E-state index in [0.29, 0.717) is 19.0 Å². The predicted octanol–water partition coefficient (Wildman–Crippen LogP) is 2.22. The fraction of sp³-hybridized carbons (Fsp3) is 0.529. The van der Waals surface area contributed by atoms with E-state index in [9.17, 15) is 14.0 Å². The monoisotopic (exact) mass is 358 g/mol. The van der Waals surface area contributed by atoms with Gasteiger partial charge in [0.2, 0.25) is 5.91 Å². The molecule has 0 radical (unpaired) electrons. The molecule has 5 nitrogen and oxygen atoms in total. The van der Waals surface area contributed by atoms with Gasteiger partial charge in [0.25, 0.3) is 0 Å². The van der Waals surface area contributed by atoms with Crippen LogP contribution in [0.25, 0.3) is 0 Å². The fourth-order valence-corrected chi connectivity index (χ4v) is 2.95. The molecule has 0 spiro atoms. The highest BCUT2D eigenvalue weighted by Gasteiger charge is 2.26. The minimum Gasteiger partial charge on any atom is -0.481 e. The first-order chi connectivity index (χ1) is 11.0. The number of carboxylic acids is 1. The van der Waals surface area contributed by atoms with Gasteiger partial charge >= 0.3 is 5.97 Å². The highest BCUT2D eigenvalue weighted by atomic mass is 35.5. The maximum Gasteiger partial charge on any atom is 0.303 e. The molecule has 1 aliphatic heterocycles. The molecule has 7 heteroatoms. The molecule has 1 fully saturated rings. The molecular formula is C17H24ClFN2O3. The third-order valence-corrected chi connectivity index (χ3v) is 4.35. The van der Waals surface area contributed by atoms with E-state index in [1.165, 1.54) is 12.1 Å². The standard InChI is InChI=1S/C17H23FN2O3.ClH/c18-14-3-1-12(2-4-14)11-13-7-9-20(10-8-13)17(23)15(19)5-6-16(21)22;/h1-4,13,15H,5-11,19H2,(H,21,22);1H/t15-;/m0./s1. The fourth-order valence-electron chi connectivity index (χ4n) is 2.95. The number of nitrogens with two attached hydrogens (primary N) is 1. The number of halogens is 2. The van der Waals surface area contributed by atoms with Crippen LogP contribution in [0.15, 0.2) is 24.3 Å². The first kappa shape index (κ1) is 20.4. The Labute approximate surface area is 147 Å². The van der Waals surface area contributed by atoms with Crippen molar-refractivity contribution < 1.29 is 19.1 Å². The molecule has 1 saturated heterocycles. The molecule has 0 aromatic heterocycles. The average Bonchev–Trinajstić information content (AvgIpc) is 2.55. The predicted molar refractivity (Wildman–Crippen MR) is 91.5 cm³/mol. The van der Waals surface area contributed by atoms with Crippen molar-refractivity contribution in [1.29, 1.82) is 0 Å². The first-order valence-electron chi connectivity index (χ1n) is 7.96. The Kier molecular flexibility index (Phi) is 8.15. The van der Waals surface area contributed by atoms with Crippen LogP contribution in [0.3, 0.4) is 0 Å². The summed E-state index contributed by atoms with van der Waals surface area (Å²) in [6, 6.07) is 5.80. The van der Waals surface area contributed by atoms with E-state index in [-0.39, 0.29) is 37.0 Å². The molecule has 0 bridgehead atoms. The largest absolute Gasteiger partial charge is 0.481 e. The Morgan fingerprint density at radius 3 is 2.38 bits per heavy atom. The molecule has 24 heavy (non-hydrogen) atoms. The van der Waals surface area contributed by atoms with Crippen LogP contribution in [-0.4, -0.2) is 41.0 Å². The summed E-state index contributed by atoms with van der Waals surface area (Å²) in [6.07, 6.45) is 2.73. The molecule has 1 heterocycles.